The number of rotatable bonds is 5. The van der Waals surface area contributed by atoms with E-state index >= 15 is 0 Å². The van der Waals surface area contributed by atoms with Crippen molar-refractivity contribution in [3.05, 3.63) is 29.8 Å². The number of esters is 1. The Hall–Kier alpha value is -2.82. The molecule has 1 aromatic rings. The molecule has 1 saturated heterocycles. The highest BCUT2D eigenvalue weighted by atomic mass is 19.4. The number of amides is 3. The third-order valence-corrected chi connectivity index (χ3v) is 4.47. The van der Waals surface area contributed by atoms with E-state index in [9.17, 15) is 27.6 Å². The zero-order valence-electron chi connectivity index (χ0n) is 16.1. The summed E-state index contributed by atoms with van der Waals surface area (Å²) in [5, 5.41) is 3.49. The second kappa shape index (κ2) is 9.59. The maximum Gasteiger partial charge on any atom is 0.405 e. The van der Waals surface area contributed by atoms with Crippen molar-refractivity contribution < 1.29 is 32.3 Å². The number of benzene rings is 1. The van der Waals surface area contributed by atoms with E-state index in [-0.39, 0.29) is 12.6 Å². The van der Waals surface area contributed by atoms with Crippen LogP contribution in [0.15, 0.2) is 24.3 Å². The molecule has 8 nitrogen and oxygen atoms in total. The lowest BCUT2D eigenvalue weighted by molar-refractivity contribution is -0.125. The lowest BCUT2D eigenvalue weighted by atomic mass is 10.1. The van der Waals surface area contributed by atoms with Crippen LogP contribution >= 0.6 is 0 Å². The van der Waals surface area contributed by atoms with Gasteiger partial charge >= 0.3 is 18.2 Å². The topological polar surface area (TPSA) is 91.0 Å². The number of carbonyl (C=O) groups excluding carboxylic acids is 3. The Labute approximate surface area is 166 Å². The number of nitrogens with zero attached hydrogens (tertiary/aromatic N) is 2. The largest absolute Gasteiger partial charge is 0.465 e. The number of alkyl halides is 3. The highest BCUT2D eigenvalue weighted by Gasteiger charge is 2.29. The van der Waals surface area contributed by atoms with Gasteiger partial charge in [-0.15, -0.1) is 0 Å². The Kier molecular flexibility index (Phi) is 7.43. The summed E-state index contributed by atoms with van der Waals surface area (Å²) in [5.74, 6) is -1.09. The predicted octanol–water partition coefficient (Wildman–Crippen LogP) is 1.37. The summed E-state index contributed by atoms with van der Waals surface area (Å²) in [6.45, 7) is 2.04. The lowest BCUT2D eigenvalue weighted by Crippen LogP contribution is -2.55. The van der Waals surface area contributed by atoms with Crippen molar-refractivity contribution in [2.75, 3.05) is 44.7 Å². The number of piperazine rings is 1. The van der Waals surface area contributed by atoms with E-state index in [1.165, 1.54) is 7.11 Å². The van der Waals surface area contributed by atoms with Crippen LogP contribution in [0.25, 0.3) is 0 Å². The van der Waals surface area contributed by atoms with Gasteiger partial charge in [-0.05, 0) is 31.2 Å². The number of methoxy groups -OCH3 is 1. The van der Waals surface area contributed by atoms with E-state index in [2.05, 4.69) is 9.64 Å². The van der Waals surface area contributed by atoms with Crippen molar-refractivity contribution in [3.63, 3.8) is 0 Å². The van der Waals surface area contributed by atoms with Crippen molar-refractivity contribution >= 4 is 23.6 Å². The summed E-state index contributed by atoms with van der Waals surface area (Å²) in [6.07, 6.45) is -4.54. The number of ether oxygens (including phenoxy) is 1. The normalized spacial score (nSPS) is 17.6. The van der Waals surface area contributed by atoms with Crippen LogP contribution < -0.4 is 15.5 Å². The SMILES string of the molecule is COC(=O)c1ccc(N2CCN(CC(=O)NC(=O)NCC(F)(F)F)C(C)C2)cc1. The second-order valence-electron chi connectivity index (χ2n) is 6.65. The zero-order valence-corrected chi connectivity index (χ0v) is 16.1. The van der Waals surface area contributed by atoms with E-state index in [1.54, 1.807) is 17.4 Å². The van der Waals surface area contributed by atoms with Gasteiger partial charge in [0.15, 0.2) is 0 Å². The van der Waals surface area contributed by atoms with Gasteiger partial charge in [0.1, 0.15) is 6.54 Å². The molecule has 2 rings (SSSR count). The fourth-order valence-corrected chi connectivity index (χ4v) is 2.97. The molecule has 1 heterocycles. The Morgan fingerprint density at radius 1 is 1.17 bits per heavy atom. The van der Waals surface area contributed by atoms with Crippen LogP contribution in [0, 0.1) is 0 Å². The molecular formula is C18H23F3N4O4. The number of anilines is 1. The Bertz CT molecular complexity index is 740. The number of imide groups is 1. The molecule has 2 N–H and O–H groups in total. The molecule has 29 heavy (non-hydrogen) atoms. The molecule has 1 aliphatic heterocycles. The van der Waals surface area contributed by atoms with Gasteiger partial charge in [0.25, 0.3) is 0 Å². The summed E-state index contributed by atoms with van der Waals surface area (Å²) >= 11 is 0. The maximum atomic E-state index is 12.1. The number of nitrogens with one attached hydrogen (secondary N) is 2. The molecule has 0 spiro atoms. The van der Waals surface area contributed by atoms with Crippen molar-refractivity contribution in [2.24, 2.45) is 0 Å². The molecule has 0 aromatic heterocycles. The van der Waals surface area contributed by atoms with Gasteiger partial charge in [0.2, 0.25) is 5.91 Å². The highest BCUT2D eigenvalue weighted by Crippen LogP contribution is 2.20. The molecule has 0 radical (unpaired) electrons. The van der Waals surface area contributed by atoms with E-state index in [0.29, 0.717) is 25.2 Å². The summed E-state index contributed by atoms with van der Waals surface area (Å²) in [6, 6.07) is 5.76. The molecule has 1 unspecified atom stereocenters. The van der Waals surface area contributed by atoms with Gasteiger partial charge in [-0.3, -0.25) is 15.0 Å². The standard InChI is InChI=1S/C18H23F3N4O4/c1-12-9-25(14-5-3-13(4-6-14)16(27)29-2)8-7-24(12)10-15(26)23-17(28)22-11-18(19,20)21/h3-6,12H,7-11H2,1-2H3,(H2,22,23,26,28). The molecule has 0 saturated carbocycles. The molecule has 11 heteroatoms. The lowest BCUT2D eigenvalue weighted by Gasteiger charge is -2.40. The molecular weight excluding hydrogens is 393 g/mol. The third-order valence-electron chi connectivity index (χ3n) is 4.47. The van der Waals surface area contributed by atoms with Crippen molar-refractivity contribution in [3.8, 4) is 0 Å². The average Bonchev–Trinajstić information content (AvgIpc) is 2.67. The van der Waals surface area contributed by atoms with E-state index in [4.69, 9.17) is 0 Å². The monoisotopic (exact) mass is 416 g/mol. The molecule has 1 aromatic carbocycles. The maximum absolute atomic E-state index is 12.1. The summed E-state index contributed by atoms with van der Waals surface area (Å²) in [5.41, 5.74) is 1.36. The Balaban J connectivity index is 1.83. The van der Waals surface area contributed by atoms with Crippen LogP contribution in [0.5, 0.6) is 0 Å². The first-order valence-corrected chi connectivity index (χ1v) is 8.91. The van der Waals surface area contributed by atoms with Crippen LogP contribution in [0.1, 0.15) is 17.3 Å². The van der Waals surface area contributed by atoms with E-state index in [0.717, 1.165) is 5.69 Å². The second-order valence-corrected chi connectivity index (χ2v) is 6.65. The average molecular weight is 416 g/mol. The first-order chi connectivity index (χ1) is 13.6. The third kappa shape index (κ3) is 6.93. The number of carbonyl (C=O) groups is 3. The Morgan fingerprint density at radius 2 is 1.83 bits per heavy atom. The minimum Gasteiger partial charge on any atom is -0.465 e. The van der Waals surface area contributed by atoms with Gasteiger partial charge < -0.3 is 15.0 Å². The quantitative estimate of drug-likeness (QED) is 0.705. The van der Waals surface area contributed by atoms with Crippen LogP contribution in [0.2, 0.25) is 0 Å². The van der Waals surface area contributed by atoms with Gasteiger partial charge in [-0.25, -0.2) is 9.59 Å². The molecule has 1 fully saturated rings. The van der Waals surface area contributed by atoms with Crippen molar-refractivity contribution in [1.82, 2.24) is 15.5 Å². The highest BCUT2D eigenvalue weighted by molar-refractivity contribution is 5.95. The number of urea groups is 1. The van der Waals surface area contributed by atoms with Crippen LogP contribution in [0.3, 0.4) is 0 Å². The van der Waals surface area contributed by atoms with Crippen LogP contribution in [0.4, 0.5) is 23.7 Å². The zero-order chi connectivity index (χ0) is 21.6. The number of halogens is 3. The van der Waals surface area contributed by atoms with Crippen LogP contribution in [-0.2, 0) is 9.53 Å². The van der Waals surface area contributed by atoms with Crippen molar-refractivity contribution in [1.29, 1.82) is 0 Å². The smallest absolute Gasteiger partial charge is 0.405 e. The fourth-order valence-electron chi connectivity index (χ4n) is 2.97. The molecule has 1 aliphatic rings. The number of hydrogen-bond donors (Lipinski definition) is 2. The summed E-state index contributed by atoms with van der Waals surface area (Å²) < 4.78 is 40.9. The Morgan fingerprint density at radius 3 is 2.38 bits per heavy atom. The first-order valence-electron chi connectivity index (χ1n) is 8.91. The predicted molar refractivity (Wildman–Crippen MR) is 98.6 cm³/mol. The molecule has 160 valence electrons. The first kappa shape index (κ1) is 22.5. The van der Waals surface area contributed by atoms with Gasteiger partial charge in [-0.2, -0.15) is 13.2 Å². The molecule has 0 bridgehead atoms. The minimum absolute atomic E-state index is 0.0342. The number of hydrogen-bond acceptors (Lipinski definition) is 6. The van der Waals surface area contributed by atoms with E-state index in [1.807, 2.05) is 29.3 Å². The van der Waals surface area contributed by atoms with E-state index < -0.39 is 30.6 Å². The van der Waals surface area contributed by atoms with Gasteiger partial charge in [0.05, 0.1) is 19.2 Å². The van der Waals surface area contributed by atoms with Crippen LogP contribution in [-0.4, -0.2) is 74.9 Å². The summed E-state index contributed by atoms with van der Waals surface area (Å²) in [7, 11) is 1.31. The molecule has 0 aliphatic carbocycles. The van der Waals surface area contributed by atoms with Gasteiger partial charge in [0, 0.05) is 31.4 Å². The molecule has 3 amide bonds. The summed E-state index contributed by atoms with van der Waals surface area (Å²) in [4.78, 5) is 38.7. The minimum atomic E-state index is -4.54. The van der Waals surface area contributed by atoms with Crippen molar-refractivity contribution in [2.45, 2.75) is 19.1 Å². The fraction of sp³-hybridized carbons (Fsp3) is 0.500. The molecule has 1 atom stereocenters. The van der Waals surface area contributed by atoms with Gasteiger partial charge in [-0.1, -0.05) is 0 Å².